The highest BCUT2D eigenvalue weighted by Gasteiger charge is 2.25. The predicted octanol–water partition coefficient (Wildman–Crippen LogP) is 6.22. The Labute approximate surface area is 180 Å². The molecule has 6 nitrogen and oxygen atoms in total. The fraction of sp³-hybridized carbons (Fsp3) is 0.150. The maximum Gasteiger partial charge on any atom is 0.263 e. The first kappa shape index (κ1) is 19.7. The van der Waals surface area contributed by atoms with Crippen LogP contribution in [0.2, 0.25) is 10.0 Å². The van der Waals surface area contributed by atoms with Crippen LogP contribution in [-0.4, -0.2) is 22.7 Å². The first-order valence-electron chi connectivity index (χ1n) is 8.73. The number of benzene rings is 2. The van der Waals surface area contributed by atoms with Crippen LogP contribution in [-0.2, 0) is 0 Å². The van der Waals surface area contributed by atoms with Gasteiger partial charge in [-0.2, -0.15) is 0 Å². The van der Waals surface area contributed by atoms with Gasteiger partial charge in [-0.25, -0.2) is 4.98 Å². The van der Waals surface area contributed by atoms with Gasteiger partial charge < -0.3 is 9.26 Å². The molecule has 0 bridgehead atoms. The molecule has 0 saturated heterocycles. The highest BCUT2D eigenvalue weighted by atomic mass is 35.5. The molecule has 148 valence electrons. The van der Waals surface area contributed by atoms with Gasteiger partial charge in [0.1, 0.15) is 22.8 Å². The van der Waals surface area contributed by atoms with Crippen molar-refractivity contribution < 1.29 is 14.1 Å². The minimum Gasteiger partial charge on any atom is -0.494 e. The Morgan fingerprint density at radius 3 is 2.72 bits per heavy atom. The van der Waals surface area contributed by atoms with Crippen molar-refractivity contribution >= 4 is 55.8 Å². The highest BCUT2D eigenvalue weighted by molar-refractivity contribution is 7.22. The first-order chi connectivity index (χ1) is 14.0. The summed E-state index contributed by atoms with van der Waals surface area (Å²) in [4.78, 5) is 17.5. The van der Waals surface area contributed by atoms with Crippen molar-refractivity contribution in [3.8, 4) is 17.0 Å². The SMILES string of the molecule is CCOc1ccc2nc(NC(=O)c3c(-c4c(Cl)cccc4Cl)noc3C)sc2c1. The number of anilines is 1. The number of thiazole rings is 1. The van der Waals surface area contributed by atoms with Gasteiger partial charge in [0.05, 0.1) is 26.9 Å². The Balaban J connectivity index is 1.68. The predicted molar refractivity (Wildman–Crippen MR) is 115 cm³/mol. The second kappa shape index (κ2) is 8.02. The maximum absolute atomic E-state index is 13.0. The van der Waals surface area contributed by atoms with E-state index < -0.39 is 5.91 Å². The van der Waals surface area contributed by atoms with Gasteiger partial charge in [0.2, 0.25) is 0 Å². The molecule has 1 amide bonds. The molecule has 0 aliphatic rings. The number of carbonyl (C=O) groups is 1. The lowest BCUT2D eigenvalue weighted by molar-refractivity contribution is 0.102. The van der Waals surface area contributed by atoms with Crippen LogP contribution in [0.25, 0.3) is 21.5 Å². The van der Waals surface area contributed by atoms with Crippen molar-refractivity contribution in [1.29, 1.82) is 0 Å². The van der Waals surface area contributed by atoms with Crippen LogP contribution >= 0.6 is 34.5 Å². The number of hydrogen-bond acceptors (Lipinski definition) is 6. The second-order valence-corrected chi connectivity index (χ2v) is 7.94. The molecule has 29 heavy (non-hydrogen) atoms. The third-order valence-corrected chi connectivity index (χ3v) is 5.74. The zero-order chi connectivity index (χ0) is 20.5. The number of rotatable bonds is 5. The van der Waals surface area contributed by atoms with E-state index in [1.165, 1.54) is 11.3 Å². The Hall–Kier alpha value is -2.61. The topological polar surface area (TPSA) is 77.2 Å². The molecule has 0 aliphatic carbocycles. The minimum atomic E-state index is -0.404. The van der Waals surface area contributed by atoms with Crippen LogP contribution in [0.3, 0.4) is 0 Å². The third-order valence-electron chi connectivity index (χ3n) is 4.18. The Morgan fingerprint density at radius 2 is 2.00 bits per heavy atom. The van der Waals surface area contributed by atoms with Crippen LogP contribution in [0, 0.1) is 6.92 Å². The summed E-state index contributed by atoms with van der Waals surface area (Å²) in [6.07, 6.45) is 0. The Kier molecular flexibility index (Phi) is 5.45. The fourth-order valence-electron chi connectivity index (χ4n) is 2.91. The summed E-state index contributed by atoms with van der Waals surface area (Å²) in [6, 6.07) is 10.7. The number of aryl methyl sites for hydroxylation is 1. The molecule has 0 aliphatic heterocycles. The third kappa shape index (κ3) is 3.81. The van der Waals surface area contributed by atoms with Crippen molar-refractivity contribution in [2.45, 2.75) is 13.8 Å². The normalized spacial score (nSPS) is 11.0. The number of hydrogen-bond donors (Lipinski definition) is 1. The van der Waals surface area contributed by atoms with Crippen LogP contribution in [0.15, 0.2) is 40.9 Å². The number of nitrogens with one attached hydrogen (secondary N) is 1. The number of fused-ring (bicyclic) bond motifs is 1. The molecule has 4 aromatic rings. The van der Waals surface area contributed by atoms with E-state index in [1.807, 2.05) is 25.1 Å². The quantitative estimate of drug-likeness (QED) is 0.392. The molecule has 0 radical (unpaired) electrons. The zero-order valence-corrected chi connectivity index (χ0v) is 17.8. The molecule has 4 rings (SSSR count). The van der Waals surface area contributed by atoms with Crippen LogP contribution in [0.1, 0.15) is 23.0 Å². The van der Waals surface area contributed by atoms with Gasteiger partial charge in [-0.1, -0.05) is 45.8 Å². The minimum absolute atomic E-state index is 0.259. The van der Waals surface area contributed by atoms with Crippen molar-refractivity contribution in [3.63, 3.8) is 0 Å². The molecular formula is C20H15Cl2N3O3S. The van der Waals surface area contributed by atoms with Crippen molar-refractivity contribution in [1.82, 2.24) is 10.1 Å². The van der Waals surface area contributed by atoms with Crippen LogP contribution < -0.4 is 10.1 Å². The van der Waals surface area contributed by atoms with Gasteiger partial charge in [-0.05, 0) is 44.2 Å². The van der Waals surface area contributed by atoms with E-state index in [0.29, 0.717) is 33.1 Å². The Morgan fingerprint density at radius 1 is 1.24 bits per heavy atom. The number of amides is 1. The smallest absolute Gasteiger partial charge is 0.263 e. The summed E-state index contributed by atoms with van der Waals surface area (Å²) < 4.78 is 11.7. The van der Waals surface area contributed by atoms with Gasteiger partial charge in [0.15, 0.2) is 5.13 Å². The van der Waals surface area contributed by atoms with E-state index in [0.717, 1.165) is 16.0 Å². The van der Waals surface area contributed by atoms with Gasteiger partial charge in [0, 0.05) is 5.56 Å². The van der Waals surface area contributed by atoms with Gasteiger partial charge >= 0.3 is 0 Å². The summed E-state index contributed by atoms with van der Waals surface area (Å²) in [5, 5.41) is 8.03. The summed E-state index contributed by atoms with van der Waals surface area (Å²) in [7, 11) is 0. The molecule has 2 heterocycles. The Bertz CT molecular complexity index is 1200. The molecule has 0 atom stereocenters. The van der Waals surface area contributed by atoms with E-state index in [9.17, 15) is 4.79 Å². The number of halogens is 2. The van der Waals surface area contributed by atoms with Crippen molar-refractivity contribution in [3.05, 3.63) is 57.8 Å². The molecule has 0 spiro atoms. The largest absolute Gasteiger partial charge is 0.494 e. The average Bonchev–Trinajstić information content (AvgIpc) is 3.24. The molecule has 2 aromatic heterocycles. The van der Waals surface area contributed by atoms with E-state index >= 15 is 0 Å². The lowest BCUT2D eigenvalue weighted by Crippen LogP contribution is -2.13. The molecule has 0 fully saturated rings. The molecule has 0 unspecified atom stereocenters. The van der Waals surface area contributed by atoms with E-state index in [4.69, 9.17) is 32.5 Å². The molecule has 9 heteroatoms. The molecular weight excluding hydrogens is 433 g/mol. The number of nitrogens with zero attached hydrogens (tertiary/aromatic N) is 2. The standard InChI is InChI=1S/C20H15Cl2N3O3S/c1-3-27-11-7-8-14-15(9-11)29-20(23-14)24-19(26)16-10(2)28-25-18(16)17-12(21)5-4-6-13(17)22/h4-9H,3H2,1-2H3,(H,23,24,26). The zero-order valence-electron chi connectivity index (χ0n) is 15.5. The fourth-order valence-corrected chi connectivity index (χ4v) is 4.37. The van der Waals surface area contributed by atoms with Gasteiger partial charge in [0.25, 0.3) is 5.91 Å². The number of aromatic nitrogens is 2. The van der Waals surface area contributed by atoms with Crippen LogP contribution in [0.5, 0.6) is 5.75 Å². The van der Waals surface area contributed by atoms with E-state index in [2.05, 4.69) is 15.5 Å². The van der Waals surface area contributed by atoms with Crippen LogP contribution in [0.4, 0.5) is 5.13 Å². The first-order valence-corrected chi connectivity index (χ1v) is 10.3. The lowest BCUT2D eigenvalue weighted by atomic mass is 10.1. The maximum atomic E-state index is 13.0. The summed E-state index contributed by atoms with van der Waals surface area (Å²) in [5.74, 6) is 0.708. The van der Waals surface area contributed by atoms with Gasteiger partial charge in [-0.3, -0.25) is 10.1 Å². The average molecular weight is 448 g/mol. The summed E-state index contributed by atoms with van der Waals surface area (Å²) >= 11 is 13.9. The number of carbonyl (C=O) groups excluding carboxylic acids is 1. The second-order valence-electron chi connectivity index (χ2n) is 6.09. The molecule has 0 saturated carbocycles. The van der Waals surface area contributed by atoms with Crippen molar-refractivity contribution in [2.24, 2.45) is 0 Å². The van der Waals surface area contributed by atoms with Crippen molar-refractivity contribution in [2.75, 3.05) is 11.9 Å². The molecule has 1 N–H and O–H groups in total. The van der Waals surface area contributed by atoms with E-state index in [-0.39, 0.29) is 11.3 Å². The number of ether oxygens (including phenoxy) is 1. The summed E-state index contributed by atoms with van der Waals surface area (Å²) in [6.45, 7) is 4.16. The molecule has 2 aromatic carbocycles. The summed E-state index contributed by atoms with van der Waals surface area (Å²) in [5.41, 5.74) is 1.76. The lowest BCUT2D eigenvalue weighted by Gasteiger charge is -2.06. The monoisotopic (exact) mass is 447 g/mol. The van der Waals surface area contributed by atoms with Gasteiger partial charge in [-0.15, -0.1) is 0 Å². The van der Waals surface area contributed by atoms with E-state index in [1.54, 1.807) is 25.1 Å². The highest BCUT2D eigenvalue weighted by Crippen LogP contribution is 2.37.